The molecule has 27 heavy (non-hydrogen) atoms. The Labute approximate surface area is 162 Å². The summed E-state index contributed by atoms with van der Waals surface area (Å²) in [5.41, 5.74) is -0.717. The quantitative estimate of drug-likeness (QED) is 0.440. The highest BCUT2D eigenvalue weighted by Crippen LogP contribution is 2.55. The monoisotopic (exact) mass is 420 g/mol. The van der Waals surface area contributed by atoms with E-state index in [0.29, 0.717) is 18.1 Å². The van der Waals surface area contributed by atoms with E-state index in [-0.39, 0.29) is 13.0 Å². The second kappa shape index (κ2) is 8.73. The van der Waals surface area contributed by atoms with Crippen LogP contribution in [0.4, 0.5) is 0 Å². The Morgan fingerprint density at radius 2 is 2.00 bits per heavy atom. The van der Waals surface area contributed by atoms with Crippen molar-refractivity contribution in [3.05, 3.63) is 32.6 Å². The maximum Gasteiger partial charge on any atom is 0.330 e. The third kappa shape index (κ3) is 5.41. The fourth-order valence-electron chi connectivity index (χ4n) is 3.42. The van der Waals surface area contributed by atoms with Gasteiger partial charge in [0.1, 0.15) is 18.9 Å². The van der Waals surface area contributed by atoms with Gasteiger partial charge >= 0.3 is 5.69 Å². The minimum Gasteiger partial charge on any atom is -0.459 e. The summed E-state index contributed by atoms with van der Waals surface area (Å²) < 4.78 is 17.6. The van der Waals surface area contributed by atoms with E-state index in [0.717, 1.165) is 25.7 Å². The van der Waals surface area contributed by atoms with Crippen LogP contribution in [0.25, 0.3) is 0 Å². The van der Waals surface area contributed by atoms with Crippen molar-refractivity contribution in [3.63, 3.8) is 0 Å². The van der Waals surface area contributed by atoms with Gasteiger partial charge in [-0.25, -0.2) is 9.69 Å². The summed E-state index contributed by atoms with van der Waals surface area (Å²) in [6, 6.07) is 0. The van der Waals surface area contributed by atoms with E-state index in [2.05, 4.69) is 4.98 Å². The molecule has 1 aliphatic heterocycles. The van der Waals surface area contributed by atoms with Gasteiger partial charge in [0.2, 0.25) is 0 Å². The smallest absolute Gasteiger partial charge is 0.330 e. The van der Waals surface area contributed by atoms with Crippen LogP contribution in [-0.4, -0.2) is 45.0 Å². The zero-order chi connectivity index (χ0) is 19.6. The maximum atomic E-state index is 12.0. The van der Waals surface area contributed by atoms with E-state index in [9.17, 15) is 19.6 Å². The lowest BCUT2D eigenvalue weighted by molar-refractivity contribution is -0.0442. The lowest BCUT2D eigenvalue weighted by Gasteiger charge is -2.24. The summed E-state index contributed by atoms with van der Waals surface area (Å²) in [7, 11) is -3.41. The van der Waals surface area contributed by atoms with Crippen molar-refractivity contribution in [2.24, 2.45) is 5.92 Å². The van der Waals surface area contributed by atoms with E-state index in [4.69, 9.17) is 26.0 Å². The van der Waals surface area contributed by atoms with E-state index < -0.39 is 36.8 Å². The fraction of sp³-hybridized carbons (Fsp3) is 0.750. The lowest BCUT2D eigenvalue weighted by Crippen LogP contribution is -2.33. The van der Waals surface area contributed by atoms with Crippen molar-refractivity contribution in [2.45, 2.75) is 57.5 Å². The number of nitrogens with one attached hydrogen (secondary N) is 1. The molecule has 2 fully saturated rings. The highest BCUT2D eigenvalue weighted by atomic mass is 32.7. The second-order valence-electron chi connectivity index (χ2n) is 7.12. The number of ether oxygens (including phenoxy) is 1. The molecule has 1 aromatic heterocycles. The molecule has 0 radical (unpaired) electrons. The van der Waals surface area contributed by atoms with Crippen molar-refractivity contribution in [1.29, 1.82) is 0 Å². The minimum atomic E-state index is -3.41. The van der Waals surface area contributed by atoms with Gasteiger partial charge in [-0.2, -0.15) is 9.05 Å². The van der Waals surface area contributed by atoms with Crippen LogP contribution in [0, 0.1) is 12.8 Å². The Morgan fingerprint density at radius 1 is 1.33 bits per heavy atom. The first-order chi connectivity index (χ1) is 12.7. The van der Waals surface area contributed by atoms with Gasteiger partial charge < -0.3 is 22.1 Å². The van der Waals surface area contributed by atoms with E-state index in [1.54, 1.807) is 6.92 Å². The number of hydrogen-bond donors (Lipinski definition) is 3. The minimum absolute atomic E-state index is 0.146. The topological polar surface area (TPSA) is 123 Å². The van der Waals surface area contributed by atoms with Crippen LogP contribution in [0.15, 0.2) is 15.8 Å². The van der Waals surface area contributed by atoms with Gasteiger partial charge in [0.15, 0.2) is 0 Å². The summed E-state index contributed by atoms with van der Waals surface area (Å²) in [6.07, 6.45) is 3.58. The van der Waals surface area contributed by atoms with Crippen molar-refractivity contribution < 1.29 is 23.8 Å². The fourth-order valence-corrected chi connectivity index (χ4v) is 4.59. The third-order valence-corrected chi connectivity index (χ3v) is 6.59. The number of aryl methyl sites for hydroxylation is 1. The average molecular weight is 420 g/mol. The lowest BCUT2D eigenvalue weighted by atomic mass is 10.1. The number of aliphatic hydroxyl groups excluding tert-OH is 1. The van der Waals surface area contributed by atoms with Gasteiger partial charge in [-0.05, 0) is 25.7 Å². The molecule has 1 aliphatic carbocycles. The molecule has 152 valence electrons. The molecular weight excluding hydrogens is 395 g/mol. The molecule has 3 N–H and O–H groups in total. The van der Waals surface area contributed by atoms with Crippen LogP contribution in [0.5, 0.6) is 0 Å². The first-order valence-corrected chi connectivity index (χ1v) is 11.6. The number of aromatic amines is 1. The van der Waals surface area contributed by atoms with Crippen molar-refractivity contribution in [1.82, 2.24) is 9.55 Å². The molecule has 3 rings (SSSR count). The first-order valence-electron chi connectivity index (χ1n) is 9.02. The number of H-pyrrole nitrogens is 1. The summed E-state index contributed by atoms with van der Waals surface area (Å²) >= 11 is 5.02. The summed E-state index contributed by atoms with van der Waals surface area (Å²) in [5.74, 6) is 0.399. The Kier molecular flexibility index (Phi) is 6.79. The zero-order valence-corrected chi connectivity index (χ0v) is 16.8. The molecule has 0 amide bonds. The number of aromatic nitrogens is 2. The molecule has 1 saturated heterocycles. The van der Waals surface area contributed by atoms with Gasteiger partial charge in [0.05, 0.1) is 12.7 Å². The highest BCUT2D eigenvalue weighted by Gasteiger charge is 2.38. The predicted molar refractivity (Wildman–Crippen MR) is 101 cm³/mol. The SMILES string of the molecule is Cc1cn([C@H]2C[C@H](O)[C@@H](CO[P+](O)([S-])OCC3CCCC3)O2)c(=O)[nH]c1=O. The van der Waals surface area contributed by atoms with Crippen molar-refractivity contribution >= 4 is 19.4 Å². The molecule has 1 saturated carbocycles. The second-order valence-corrected chi connectivity index (χ2v) is 9.96. The molecule has 0 bridgehead atoms. The molecule has 1 aromatic rings. The normalized spacial score (nSPS) is 28.5. The van der Waals surface area contributed by atoms with Crippen LogP contribution in [0.1, 0.15) is 43.9 Å². The predicted octanol–water partition coefficient (Wildman–Crippen LogP) is 0.934. The highest BCUT2D eigenvalue weighted by molar-refractivity contribution is 8.35. The Hall–Kier alpha value is -0.740. The number of aliphatic hydroxyl groups is 1. The molecule has 9 nitrogen and oxygen atoms in total. The number of rotatable bonds is 7. The molecule has 0 spiro atoms. The van der Waals surface area contributed by atoms with Gasteiger partial charge in [-0.15, -0.1) is 0 Å². The molecule has 2 aliphatic rings. The van der Waals surface area contributed by atoms with Crippen molar-refractivity contribution in [2.75, 3.05) is 13.2 Å². The van der Waals surface area contributed by atoms with Gasteiger partial charge in [0.25, 0.3) is 12.7 Å². The molecule has 0 aromatic carbocycles. The Bertz CT molecular complexity index is 762. The molecule has 11 heteroatoms. The van der Waals surface area contributed by atoms with E-state index in [1.807, 2.05) is 0 Å². The zero-order valence-electron chi connectivity index (χ0n) is 15.1. The standard InChI is InChI=1S/C16H25N2O7PS/c1-10-7-18(16(21)17-15(10)20)14-6-12(19)13(25-14)9-24-26(22,27)23-8-11-4-2-3-5-11/h7,11-14,19H,2-6,8-9H2,1H3,(H,22,27)(H,17,20,21)/t12-,13+,14+,26?/m0/s1. The van der Waals surface area contributed by atoms with E-state index >= 15 is 0 Å². The van der Waals surface area contributed by atoms with Crippen LogP contribution in [0.2, 0.25) is 0 Å². The Balaban J connectivity index is 1.54. The molecule has 2 heterocycles. The summed E-state index contributed by atoms with van der Waals surface area (Å²) in [5, 5.41) is 10.2. The van der Waals surface area contributed by atoms with Crippen LogP contribution in [0.3, 0.4) is 0 Å². The molecular formula is C16H25N2O7PS. The molecule has 4 atom stereocenters. The van der Waals surface area contributed by atoms with E-state index in [1.165, 1.54) is 10.8 Å². The third-order valence-electron chi connectivity index (χ3n) is 5.01. The van der Waals surface area contributed by atoms with Crippen LogP contribution in [-0.2, 0) is 26.0 Å². The van der Waals surface area contributed by atoms with Crippen LogP contribution < -0.4 is 11.2 Å². The first kappa shape index (κ1) is 21.0. The van der Waals surface area contributed by atoms with Gasteiger partial charge in [-0.3, -0.25) is 14.3 Å². The number of hydrogen-bond acceptors (Lipinski definition) is 8. The number of nitrogens with zero attached hydrogens (tertiary/aromatic N) is 1. The Morgan fingerprint density at radius 3 is 2.70 bits per heavy atom. The maximum absolute atomic E-state index is 12.0. The van der Waals surface area contributed by atoms with Crippen molar-refractivity contribution in [3.8, 4) is 0 Å². The average Bonchev–Trinajstić information content (AvgIpc) is 3.24. The molecule has 1 unspecified atom stereocenters. The van der Waals surface area contributed by atoms with Gasteiger partial charge in [-0.1, -0.05) is 12.8 Å². The summed E-state index contributed by atoms with van der Waals surface area (Å²) in [4.78, 5) is 35.8. The van der Waals surface area contributed by atoms with Gasteiger partial charge in [0, 0.05) is 18.2 Å². The largest absolute Gasteiger partial charge is 0.459 e. The van der Waals surface area contributed by atoms with Crippen LogP contribution >= 0.6 is 7.15 Å². The summed E-state index contributed by atoms with van der Waals surface area (Å²) in [6.45, 7) is 1.80.